The topological polar surface area (TPSA) is 38.8 Å². The summed E-state index contributed by atoms with van der Waals surface area (Å²) < 4.78 is 11.1. The Balaban J connectivity index is 1.79. The Morgan fingerprint density at radius 3 is 2.50 bits per heavy atom. The predicted octanol–water partition coefficient (Wildman–Crippen LogP) is 3.83. The third-order valence-electron chi connectivity index (χ3n) is 4.43. The molecule has 0 saturated carbocycles. The number of amides is 1. The maximum absolute atomic E-state index is 13.1. The van der Waals surface area contributed by atoms with Crippen LogP contribution in [0.4, 0.5) is 5.69 Å². The van der Waals surface area contributed by atoms with Gasteiger partial charge in [-0.2, -0.15) is 0 Å². The summed E-state index contributed by atoms with van der Waals surface area (Å²) in [6.45, 7) is 4.05. The highest BCUT2D eigenvalue weighted by molar-refractivity contribution is 5.99. The van der Waals surface area contributed by atoms with E-state index >= 15 is 0 Å². The first-order valence-corrected chi connectivity index (χ1v) is 8.35. The molecule has 2 aromatic rings. The van der Waals surface area contributed by atoms with E-state index in [1.165, 1.54) is 5.56 Å². The lowest BCUT2D eigenvalue weighted by molar-refractivity contribution is -0.125. The van der Waals surface area contributed by atoms with Crippen LogP contribution in [-0.2, 0) is 11.2 Å². The summed E-state index contributed by atoms with van der Waals surface area (Å²) in [6, 6.07) is 15.6. The molecular weight excluding hydrogens is 302 g/mol. The van der Waals surface area contributed by atoms with Crippen molar-refractivity contribution in [3.63, 3.8) is 0 Å². The number of methoxy groups -OCH3 is 1. The molecule has 24 heavy (non-hydrogen) atoms. The molecule has 0 fully saturated rings. The summed E-state index contributed by atoms with van der Waals surface area (Å²) in [5.41, 5.74) is 2.23. The van der Waals surface area contributed by atoms with Gasteiger partial charge in [-0.05, 0) is 55.7 Å². The van der Waals surface area contributed by atoms with Crippen LogP contribution in [0.5, 0.6) is 11.5 Å². The molecule has 2 unspecified atom stereocenters. The second-order valence-corrected chi connectivity index (χ2v) is 6.08. The number of fused-ring (bicyclic) bond motifs is 1. The molecule has 2 atom stereocenters. The standard InChI is InChI=1S/C20H23NO3/c1-4-19(24-17-11-9-16(23-3)10-12-17)20(22)21-14(2)13-15-7-5-6-8-18(15)21/h5-12,14,19H,4,13H2,1-3H3. The van der Waals surface area contributed by atoms with E-state index in [0.717, 1.165) is 17.9 Å². The molecular formula is C20H23NO3. The van der Waals surface area contributed by atoms with Crippen LogP contribution >= 0.6 is 0 Å². The van der Waals surface area contributed by atoms with Gasteiger partial charge in [-0.15, -0.1) is 0 Å². The van der Waals surface area contributed by atoms with Crippen molar-refractivity contribution < 1.29 is 14.3 Å². The molecule has 1 heterocycles. The molecule has 0 aromatic heterocycles. The van der Waals surface area contributed by atoms with Crippen molar-refractivity contribution in [2.75, 3.05) is 12.0 Å². The monoisotopic (exact) mass is 325 g/mol. The Labute approximate surface area is 143 Å². The van der Waals surface area contributed by atoms with Crippen molar-refractivity contribution in [3.8, 4) is 11.5 Å². The summed E-state index contributed by atoms with van der Waals surface area (Å²) in [4.78, 5) is 14.9. The Kier molecular flexibility index (Phi) is 4.74. The van der Waals surface area contributed by atoms with Crippen LogP contribution in [-0.4, -0.2) is 25.2 Å². The average molecular weight is 325 g/mol. The van der Waals surface area contributed by atoms with Gasteiger partial charge in [0.1, 0.15) is 11.5 Å². The maximum Gasteiger partial charge on any atom is 0.268 e. The molecule has 0 N–H and O–H groups in total. The van der Waals surface area contributed by atoms with Gasteiger partial charge < -0.3 is 14.4 Å². The minimum atomic E-state index is -0.494. The molecule has 0 aliphatic carbocycles. The number of nitrogens with zero attached hydrogens (tertiary/aromatic N) is 1. The second-order valence-electron chi connectivity index (χ2n) is 6.08. The molecule has 0 spiro atoms. The number of anilines is 1. The van der Waals surface area contributed by atoms with Crippen LogP contribution in [0.25, 0.3) is 0 Å². The van der Waals surface area contributed by atoms with E-state index in [4.69, 9.17) is 9.47 Å². The zero-order valence-electron chi connectivity index (χ0n) is 14.4. The molecule has 0 bridgehead atoms. The minimum Gasteiger partial charge on any atom is -0.497 e. The number of hydrogen-bond acceptors (Lipinski definition) is 3. The number of rotatable bonds is 5. The minimum absolute atomic E-state index is 0.0192. The van der Waals surface area contributed by atoms with Gasteiger partial charge in [0.2, 0.25) is 0 Å². The van der Waals surface area contributed by atoms with Crippen molar-refractivity contribution in [1.29, 1.82) is 0 Å². The molecule has 1 aliphatic heterocycles. The van der Waals surface area contributed by atoms with E-state index in [-0.39, 0.29) is 11.9 Å². The number of hydrogen-bond donors (Lipinski definition) is 0. The van der Waals surface area contributed by atoms with Gasteiger partial charge in [0.05, 0.1) is 7.11 Å². The summed E-state index contributed by atoms with van der Waals surface area (Å²) in [7, 11) is 1.63. The molecule has 1 aliphatic rings. The van der Waals surface area contributed by atoms with Crippen molar-refractivity contribution in [2.45, 2.75) is 38.8 Å². The summed E-state index contributed by atoms with van der Waals surface area (Å²) in [5, 5.41) is 0. The highest BCUT2D eigenvalue weighted by atomic mass is 16.5. The fraction of sp³-hybridized carbons (Fsp3) is 0.350. The van der Waals surface area contributed by atoms with Gasteiger partial charge in [0.25, 0.3) is 5.91 Å². The van der Waals surface area contributed by atoms with E-state index in [1.54, 1.807) is 7.11 Å². The van der Waals surface area contributed by atoms with Gasteiger partial charge in [0, 0.05) is 11.7 Å². The van der Waals surface area contributed by atoms with Gasteiger partial charge >= 0.3 is 0 Å². The number of para-hydroxylation sites is 1. The van der Waals surface area contributed by atoms with E-state index in [1.807, 2.05) is 54.3 Å². The summed E-state index contributed by atoms with van der Waals surface area (Å²) in [6.07, 6.45) is 1.02. The van der Waals surface area contributed by atoms with Crippen LogP contribution in [0.2, 0.25) is 0 Å². The number of ether oxygens (including phenoxy) is 2. The first kappa shape index (κ1) is 16.4. The van der Waals surface area contributed by atoms with Gasteiger partial charge in [-0.25, -0.2) is 0 Å². The Hall–Kier alpha value is -2.49. The number of carbonyl (C=O) groups excluding carboxylic acids is 1. The van der Waals surface area contributed by atoms with Crippen molar-refractivity contribution >= 4 is 11.6 Å². The maximum atomic E-state index is 13.1. The molecule has 4 heteroatoms. The summed E-state index contributed by atoms with van der Waals surface area (Å²) >= 11 is 0. The third-order valence-corrected chi connectivity index (χ3v) is 4.43. The van der Waals surface area contributed by atoms with Gasteiger partial charge in [-0.1, -0.05) is 25.1 Å². The summed E-state index contributed by atoms with van der Waals surface area (Å²) in [5.74, 6) is 1.46. The average Bonchev–Trinajstić information content (AvgIpc) is 2.95. The Morgan fingerprint density at radius 1 is 1.17 bits per heavy atom. The Bertz CT molecular complexity index is 711. The van der Waals surface area contributed by atoms with Gasteiger partial charge in [-0.3, -0.25) is 4.79 Å². The zero-order valence-corrected chi connectivity index (χ0v) is 14.4. The van der Waals surface area contributed by atoms with Crippen molar-refractivity contribution in [2.24, 2.45) is 0 Å². The first-order valence-electron chi connectivity index (χ1n) is 8.35. The predicted molar refractivity (Wildman–Crippen MR) is 94.8 cm³/mol. The number of carbonyl (C=O) groups is 1. The van der Waals surface area contributed by atoms with Gasteiger partial charge in [0.15, 0.2) is 6.10 Å². The quantitative estimate of drug-likeness (QED) is 0.838. The molecule has 3 rings (SSSR count). The van der Waals surface area contributed by atoms with Crippen molar-refractivity contribution in [1.82, 2.24) is 0 Å². The fourth-order valence-electron chi connectivity index (χ4n) is 3.18. The second kappa shape index (κ2) is 6.95. The lowest BCUT2D eigenvalue weighted by Crippen LogP contribution is -2.44. The lowest BCUT2D eigenvalue weighted by atomic mass is 10.1. The largest absolute Gasteiger partial charge is 0.497 e. The lowest BCUT2D eigenvalue weighted by Gasteiger charge is -2.27. The molecule has 2 aromatic carbocycles. The first-order chi connectivity index (χ1) is 11.6. The normalized spacial score (nSPS) is 17.3. The van der Waals surface area contributed by atoms with Crippen LogP contribution in [0, 0.1) is 0 Å². The van der Waals surface area contributed by atoms with Crippen molar-refractivity contribution in [3.05, 3.63) is 54.1 Å². The van der Waals surface area contributed by atoms with Crippen LogP contribution in [0.15, 0.2) is 48.5 Å². The SMILES string of the molecule is CCC(Oc1ccc(OC)cc1)C(=O)N1c2ccccc2CC1C. The highest BCUT2D eigenvalue weighted by Crippen LogP contribution is 2.33. The van der Waals surface area contributed by atoms with E-state index in [0.29, 0.717) is 12.2 Å². The zero-order chi connectivity index (χ0) is 17.1. The number of benzene rings is 2. The third kappa shape index (κ3) is 3.09. The Morgan fingerprint density at radius 2 is 1.83 bits per heavy atom. The van der Waals surface area contributed by atoms with Crippen LogP contribution in [0.3, 0.4) is 0 Å². The highest BCUT2D eigenvalue weighted by Gasteiger charge is 2.34. The molecule has 0 saturated heterocycles. The van der Waals surface area contributed by atoms with E-state index in [2.05, 4.69) is 13.0 Å². The van der Waals surface area contributed by atoms with E-state index in [9.17, 15) is 4.79 Å². The molecule has 0 radical (unpaired) electrons. The smallest absolute Gasteiger partial charge is 0.268 e. The van der Waals surface area contributed by atoms with E-state index < -0.39 is 6.10 Å². The van der Waals surface area contributed by atoms with Crippen LogP contribution < -0.4 is 14.4 Å². The molecule has 1 amide bonds. The fourth-order valence-corrected chi connectivity index (χ4v) is 3.18. The van der Waals surface area contributed by atoms with Crippen LogP contribution in [0.1, 0.15) is 25.8 Å². The molecule has 126 valence electrons. The molecule has 4 nitrogen and oxygen atoms in total.